The second kappa shape index (κ2) is 5.50. The Morgan fingerprint density at radius 3 is 2.33 bits per heavy atom. The molecule has 1 N–H and O–H groups in total. The average Bonchev–Trinajstić information content (AvgIpc) is 2.87. The van der Waals surface area contributed by atoms with Crippen LogP contribution in [-0.2, 0) is 0 Å². The van der Waals surface area contributed by atoms with Crippen molar-refractivity contribution in [3.05, 3.63) is 0 Å². The maximum atomic E-state index is 3.77. The van der Waals surface area contributed by atoms with Crippen molar-refractivity contribution in [2.24, 2.45) is 5.41 Å². The molecule has 0 aromatic carbocycles. The highest BCUT2D eigenvalue weighted by Gasteiger charge is 2.38. The molecule has 2 aliphatic rings. The zero-order chi connectivity index (χ0) is 13.2. The van der Waals surface area contributed by atoms with Crippen LogP contribution in [0.15, 0.2) is 0 Å². The molecule has 1 heterocycles. The van der Waals surface area contributed by atoms with E-state index in [2.05, 4.69) is 37.9 Å². The Bertz CT molecular complexity index is 261. The first-order valence-corrected chi connectivity index (χ1v) is 7.89. The van der Waals surface area contributed by atoms with E-state index in [9.17, 15) is 0 Å². The summed E-state index contributed by atoms with van der Waals surface area (Å²) >= 11 is 0. The van der Waals surface area contributed by atoms with Gasteiger partial charge in [0.2, 0.25) is 0 Å². The molecule has 1 aliphatic heterocycles. The van der Waals surface area contributed by atoms with Crippen LogP contribution in [0.3, 0.4) is 0 Å². The fourth-order valence-corrected chi connectivity index (χ4v) is 3.63. The fraction of sp³-hybridized carbons (Fsp3) is 1.00. The van der Waals surface area contributed by atoms with E-state index in [1.165, 1.54) is 58.2 Å². The third-order valence-electron chi connectivity index (χ3n) is 4.89. The van der Waals surface area contributed by atoms with Gasteiger partial charge in [-0.15, -0.1) is 0 Å². The smallest absolute Gasteiger partial charge is 0.00967 e. The summed E-state index contributed by atoms with van der Waals surface area (Å²) in [6.07, 6.45) is 8.55. The number of nitrogens with one attached hydrogen (secondary N) is 1. The van der Waals surface area contributed by atoms with E-state index in [-0.39, 0.29) is 5.54 Å². The van der Waals surface area contributed by atoms with Gasteiger partial charge in [-0.25, -0.2) is 0 Å². The summed E-state index contributed by atoms with van der Waals surface area (Å²) < 4.78 is 0. The van der Waals surface area contributed by atoms with E-state index in [1.54, 1.807) is 0 Å². The van der Waals surface area contributed by atoms with Crippen molar-refractivity contribution < 1.29 is 0 Å². The van der Waals surface area contributed by atoms with Crippen molar-refractivity contribution in [2.45, 2.75) is 77.8 Å². The van der Waals surface area contributed by atoms with E-state index in [0.717, 1.165) is 6.04 Å². The maximum Gasteiger partial charge on any atom is 0.00967 e. The molecule has 2 fully saturated rings. The molecule has 1 atom stereocenters. The van der Waals surface area contributed by atoms with Gasteiger partial charge in [-0.3, -0.25) is 0 Å². The second-order valence-corrected chi connectivity index (χ2v) is 7.77. The van der Waals surface area contributed by atoms with Crippen molar-refractivity contribution >= 4 is 0 Å². The van der Waals surface area contributed by atoms with Gasteiger partial charge in [0.1, 0.15) is 0 Å². The van der Waals surface area contributed by atoms with E-state index in [0.29, 0.717) is 5.41 Å². The summed E-state index contributed by atoms with van der Waals surface area (Å²) in [6, 6.07) is 0.817. The number of likely N-dealkylation sites (tertiary alicyclic amines) is 1. The summed E-state index contributed by atoms with van der Waals surface area (Å²) in [5, 5.41) is 3.77. The first-order chi connectivity index (χ1) is 8.40. The molecular formula is C16H32N2. The van der Waals surface area contributed by atoms with E-state index >= 15 is 0 Å². The zero-order valence-electron chi connectivity index (χ0n) is 12.9. The first-order valence-electron chi connectivity index (χ1n) is 7.89. The minimum atomic E-state index is 0.256. The van der Waals surface area contributed by atoms with Gasteiger partial charge < -0.3 is 10.2 Å². The molecule has 0 radical (unpaired) electrons. The molecule has 1 saturated heterocycles. The molecule has 1 aliphatic carbocycles. The topological polar surface area (TPSA) is 15.3 Å². The van der Waals surface area contributed by atoms with Gasteiger partial charge in [-0.1, -0.05) is 12.8 Å². The molecule has 2 rings (SSSR count). The molecule has 18 heavy (non-hydrogen) atoms. The molecule has 0 aromatic rings. The fourth-order valence-electron chi connectivity index (χ4n) is 3.63. The molecule has 0 bridgehead atoms. The van der Waals surface area contributed by atoms with Crippen LogP contribution in [-0.4, -0.2) is 36.1 Å². The summed E-state index contributed by atoms with van der Waals surface area (Å²) in [5.41, 5.74) is 0.818. The minimum absolute atomic E-state index is 0.256. The Labute approximate surface area is 114 Å². The highest BCUT2D eigenvalue weighted by molar-refractivity contribution is 4.93. The van der Waals surface area contributed by atoms with Crippen LogP contribution in [0.1, 0.15) is 66.2 Å². The van der Waals surface area contributed by atoms with Crippen molar-refractivity contribution in [3.63, 3.8) is 0 Å². The van der Waals surface area contributed by atoms with Crippen molar-refractivity contribution in [1.29, 1.82) is 0 Å². The summed E-state index contributed by atoms with van der Waals surface area (Å²) in [6.45, 7) is 13.1. The first kappa shape index (κ1) is 14.3. The number of hydrogen-bond acceptors (Lipinski definition) is 2. The standard InChI is InChI=1S/C16H32N2/c1-14-8-7-11-18(14)13-16(9-5-6-10-16)12-17-15(2,3)4/h14,17H,5-13H2,1-4H3. The van der Waals surface area contributed by atoms with Gasteiger partial charge in [0.05, 0.1) is 0 Å². The summed E-state index contributed by atoms with van der Waals surface area (Å²) in [5.74, 6) is 0. The molecular weight excluding hydrogens is 220 g/mol. The molecule has 2 heteroatoms. The van der Waals surface area contributed by atoms with Crippen molar-refractivity contribution in [1.82, 2.24) is 10.2 Å². The molecule has 2 nitrogen and oxygen atoms in total. The van der Waals surface area contributed by atoms with E-state index in [1.807, 2.05) is 0 Å². The van der Waals surface area contributed by atoms with Crippen LogP contribution in [0.25, 0.3) is 0 Å². The predicted molar refractivity (Wildman–Crippen MR) is 78.9 cm³/mol. The van der Waals surface area contributed by atoms with Crippen LogP contribution in [0.2, 0.25) is 0 Å². The molecule has 0 spiro atoms. The number of rotatable bonds is 4. The highest BCUT2D eigenvalue weighted by Crippen LogP contribution is 2.40. The van der Waals surface area contributed by atoms with Gasteiger partial charge in [0.25, 0.3) is 0 Å². The number of nitrogens with zero attached hydrogens (tertiary/aromatic N) is 1. The van der Waals surface area contributed by atoms with Gasteiger partial charge in [-0.2, -0.15) is 0 Å². The molecule has 106 valence electrons. The Morgan fingerprint density at radius 1 is 1.17 bits per heavy atom. The second-order valence-electron chi connectivity index (χ2n) is 7.77. The lowest BCUT2D eigenvalue weighted by Crippen LogP contribution is -2.48. The lowest BCUT2D eigenvalue weighted by Gasteiger charge is -2.38. The van der Waals surface area contributed by atoms with Gasteiger partial charge in [0.15, 0.2) is 0 Å². The quantitative estimate of drug-likeness (QED) is 0.825. The van der Waals surface area contributed by atoms with E-state index in [4.69, 9.17) is 0 Å². The number of hydrogen-bond donors (Lipinski definition) is 1. The van der Waals surface area contributed by atoms with Crippen molar-refractivity contribution in [2.75, 3.05) is 19.6 Å². The van der Waals surface area contributed by atoms with Gasteiger partial charge in [0, 0.05) is 24.7 Å². The summed E-state index contributed by atoms with van der Waals surface area (Å²) in [4.78, 5) is 2.75. The Balaban J connectivity index is 1.93. The van der Waals surface area contributed by atoms with Gasteiger partial charge in [-0.05, 0) is 65.3 Å². The molecule has 1 unspecified atom stereocenters. The van der Waals surface area contributed by atoms with Crippen LogP contribution < -0.4 is 5.32 Å². The Hall–Kier alpha value is -0.0800. The SMILES string of the molecule is CC1CCCN1CC1(CNC(C)(C)C)CCCC1. The molecule has 0 amide bonds. The molecule has 1 saturated carbocycles. The van der Waals surface area contributed by atoms with Crippen LogP contribution in [0.5, 0.6) is 0 Å². The lowest BCUT2D eigenvalue weighted by atomic mass is 9.84. The zero-order valence-corrected chi connectivity index (χ0v) is 12.9. The highest BCUT2D eigenvalue weighted by atomic mass is 15.2. The predicted octanol–water partition coefficient (Wildman–Crippen LogP) is 3.42. The minimum Gasteiger partial charge on any atom is -0.311 e. The maximum absolute atomic E-state index is 3.77. The van der Waals surface area contributed by atoms with E-state index < -0.39 is 0 Å². The van der Waals surface area contributed by atoms with Crippen LogP contribution in [0.4, 0.5) is 0 Å². The normalized spacial score (nSPS) is 29.0. The largest absolute Gasteiger partial charge is 0.311 e. The third-order valence-corrected chi connectivity index (χ3v) is 4.89. The van der Waals surface area contributed by atoms with Crippen LogP contribution >= 0.6 is 0 Å². The van der Waals surface area contributed by atoms with Crippen LogP contribution in [0, 0.1) is 5.41 Å². The Kier molecular flexibility index (Phi) is 4.38. The summed E-state index contributed by atoms with van der Waals surface area (Å²) in [7, 11) is 0. The Morgan fingerprint density at radius 2 is 1.83 bits per heavy atom. The van der Waals surface area contributed by atoms with Gasteiger partial charge >= 0.3 is 0 Å². The van der Waals surface area contributed by atoms with Crippen molar-refractivity contribution in [3.8, 4) is 0 Å². The lowest BCUT2D eigenvalue weighted by molar-refractivity contribution is 0.135. The average molecular weight is 252 g/mol. The monoisotopic (exact) mass is 252 g/mol. The molecule has 0 aromatic heterocycles. The third kappa shape index (κ3) is 3.71.